The Balaban J connectivity index is 2.16. The molecular formula is C12H15Cl2N5. The molecule has 2 N–H and O–H groups in total. The molecule has 2 aromatic rings. The number of benzene rings is 1. The standard InChI is InChI=1S/C12H15Cl2N5/c1-3-11(9-5-4-8(13)6-10(9)14)15-7(2)12-16-18-19-17-12/h4-7,11,15H,3H2,1-2H3,(H,16,17,18,19). The molecule has 0 fully saturated rings. The van der Waals surface area contributed by atoms with Gasteiger partial charge in [0.05, 0.1) is 6.04 Å². The number of nitrogens with zero attached hydrogens (tertiary/aromatic N) is 3. The summed E-state index contributed by atoms with van der Waals surface area (Å²) in [6, 6.07) is 5.62. The van der Waals surface area contributed by atoms with E-state index in [-0.39, 0.29) is 12.1 Å². The van der Waals surface area contributed by atoms with Crippen LogP contribution in [-0.2, 0) is 0 Å². The molecule has 2 rings (SSSR count). The molecule has 102 valence electrons. The van der Waals surface area contributed by atoms with Gasteiger partial charge in [-0.05, 0) is 31.0 Å². The van der Waals surface area contributed by atoms with Crippen LogP contribution in [0.25, 0.3) is 0 Å². The van der Waals surface area contributed by atoms with Gasteiger partial charge >= 0.3 is 0 Å². The maximum absolute atomic E-state index is 6.24. The van der Waals surface area contributed by atoms with E-state index in [0.29, 0.717) is 15.9 Å². The fourth-order valence-corrected chi connectivity index (χ4v) is 2.48. The Morgan fingerprint density at radius 1 is 1.37 bits per heavy atom. The minimum absolute atomic E-state index is 0.0181. The van der Waals surface area contributed by atoms with Gasteiger partial charge < -0.3 is 5.32 Å². The number of halogens is 2. The molecule has 0 radical (unpaired) electrons. The minimum atomic E-state index is -0.0181. The first-order valence-electron chi connectivity index (χ1n) is 6.06. The van der Waals surface area contributed by atoms with Gasteiger partial charge in [0.2, 0.25) is 0 Å². The number of H-pyrrole nitrogens is 1. The van der Waals surface area contributed by atoms with E-state index in [1.54, 1.807) is 6.07 Å². The molecule has 0 amide bonds. The minimum Gasteiger partial charge on any atom is -0.300 e. The molecule has 1 heterocycles. The Morgan fingerprint density at radius 2 is 2.16 bits per heavy atom. The van der Waals surface area contributed by atoms with Crippen LogP contribution in [0.1, 0.15) is 43.7 Å². The summed E-state index contributed by atoms with van der Waals surface area (Å²) in [4.78, 5) is 0. The van der Waals surface area contributed by atoms with Crippen LogP contribution < -0.4 is 5.32 Å². The molecule has 0 aliphatic heterocycles. The molecular weight excluding hydrogens is 285 g/mol. The highest BCUT2D eigenvalue weighted by atomic mass is 35.5. The summed E-state index contributed by atoms with van der Waals surface area (Å²) in [6.45, 7) is 4.07. The van der Waals surface area contributed by atoms with Crippen LogP contribution in [0.15, 0.2) is 18.2 Å². The Bertz CT molecular complexity index is 529. The predicted octanol–water partition coefficient (Wildman–Crippen LogP) is 3.31. The highest BCUT2D eigenvalue weighted by Crippen LogP contribution is 2.29. The van der Waals surface area contributed by atoms with Crippen LogP contribution in [0.2, 0.25) is 10.0 Å². The fourth-order valence-electron chi connectivity index (χ4n) is 1.94. The van der Waals surface area contributed by atoms with Crippen molar-refractivity contribution in [2.75, 3.05) is 0 Å². The summed E-state index contributed by atoms with van der Waals surface area (Å²) in [5.74, 6) is 0.628. The number of hydrogen-bond acceptors (Lipinski definition) is 4. The molecule has 0 aliphatic carbocycles. The predicted molar refractivity (Wildman–Crippen MR) is 75.2 cm³/mol. The Labute approximate surface area is 121 Å². The first-order valence-corrected chi connectivity index (χ1v) is 6.81. The lowest BCUT2D eigenvalue weighted by atomic mass is 10.0. The SMILES string of the molecule is CCC(NC(C)c1nn[nH]n1)c1ccc(Cl)cc1Cl. The normalized spacial score (nSPS) is 14.3. The second kappa shape index (κ2) is 6.32. The lowest BCUT2D eigenvalue weighted by molar-refractivity contribution is 0.443. The van der Waals surface area contributed by atoms with Crippen molar-refractivity contribution < 1.29 is 0 Å². The Hall–Kier alpha value is -1.17. The van der Waals surface area contributed by atoms with E-state index >= 15 is 0 Å². The second-order valence-electron chi connectivity index (χ2n) is 4.29. The summed E-state index contributed by atoms with van der Waals surface area (Å²) in [7, 11) is 0. The van der Waals surface area contributed by atoms with E-state index in [9.17, 15) is 0 Å². The lowest BCUT2D eigenvalue weighted by Gasteiger charge is -2.21. The number of hydrogen-bond donors (Lipinski definition) is 2. The molecule has 0 saturated carbocycles. The molecule has 1 aromatic heterocycles. The van der Waals surface area contributed by atoms with Crippen LogP contribution in [-0.4, -0.2) is 20.6 Å². The van der Waals surface area contributed by atoms with Gasteiger partial charge in [0.1, 0.15) is 0 Å². The molecule has 2 unspecified atom stereocenters. The van der Waals surface area contributed by atoms with Crippen molar-refractivity contribution in [1.82, 2.24) is 25.9 Å². The first kappa shape index (κ1) is 14.2. The zero-order valence-corrected chi connectivity index (χ0v) is 12.2. The molecule has 2 atom stereocenters. The van der Waals surface area contributed by atoms with E-state index in [1.165, 1.54) is 0 Å². The largest absolute Gasteiger partial charge is 0.300 e. The van der Waals surface area contributed by atoms with Crippen LogP contribution in [0, 0.1) is 0 Å². The highest BCUT2D eigenvalue weighted by Gasteiger charge is 2.18. The molecule has 5 nitrogen and oxygen atoms in total. The number of nitrogens with one attached hydrogen (secondary N) is 2. The third-order valence-corrected chi connectivity index (χ3v) is 3.51. The van der Waals surface area contributed by atoms with Gasteiger partial charge in [-0.2, -0.15) is 5.21 Å². The van der Waals surface area contributed by atoms with Crippen molar-refractivity contribution in [3.05, 3.63) is 39.6 Å². The second-order valence-corrected chi connectivity index (χ2v) is 5.13. The molecule has 0 saturated heterocycles. The van der Waals surface area contributed by atoms with Gasteiger partial charge in [0.25, 0.3) is 0 Å². The number of aromatic nitrogens is 4. The maximum atomic E-state index is 6.24. The van der Waals surface area contributed by atoms with Gasteiger partial charge in [-0.1, -0.05) is 41.4 Å². The zero-order chi connectivity index (χ0) is 13.8. The van der Waals surface area contributed by atoms with Gasteiger partial charge in [-0.15, -0.1) is 10.2 Å². The average molecular weight is 300 g/mol. The summed E-state index contributed by atoms with van der Waals surface area (Å²) in [6.07, 6.45) is 0.892. The van der Waals surface area contributed by atoms with Crippen LogP contribution >= 0.6 is 23.2 Å². The quantitative estimate of drug-likeness (QED) is 0.889. The van der Waals surface area contributed by atoms with Crippen molar-refractivity contribution in [3.63, 3.8) is 0 Å². The average Bonchev–Trinajstić information content (AvgIpc) is 2.90. The van der Waals surface area contributed by atoms with Crippen LogP contribution in [0.3, 0.4) is 0 Å². The van der Waals surface area contributed by atoms with E-state index in [0.717, 1.165) is 12.0 Å². The Kier molecular flexibility index (Phi) is 4.74. The maximum Gasteiger partial charge on any atom is 0.191 e. The molecule has 0 aliphatic rings. The van der Waals surface area contributed by atoms with Gasteiger partial charge in [-0.3, -0.25) is 0 Å². The fraction of sp³-hybridized carbons (Fsp3) is 0.417. The van der Waals surface area contributed by atoms with Crippen LogP contribution in [0.4, 0.5) is 0 Å². The van der Waals surface area contributed by atoms with E-state index in [2.05, 4.69) is 32.9 Å². The molecule has 0 spiro atoms. The summed E-state index contributed by atoms with van der Waals surface area (Å²) in [5, 5.41) is 18.7. The summed E-state index contributed by atoms with van der Waals surface area (Å²) in [5.41, 5.74) is 1.02. The molecule has 7 heteroatoms. The molecule has 1 aromatic carbocycles. The summed E-state index contributed by atoms with van der Waals surface area (Å²) < 4.78 is 0. The van der Waals surface area contributed by atoms with Crippen molar-refractivity contribution in [2.45, 2.75) is 32.4 Å². The number of rotatable bonds is 5. The van der Waals surface area contributed by atoms with Crippen molar-refractivity contribution in [3.8, 4) is 0 Å². The third kappa shape index (κ3) is 3.43. The lowest BCUT2D eigenvalue weighted by Crippen LogP contribution is -2.25. The van der Waals surface area contributed by atoms with Crippen LogP contribution in [0.5, 0.6) is 0 Å². The highest BCUT2D eigenvalue weighted by molar-refractivity contribution is 6.35. The van der Waals surface area contributed by atoms with E-state index in [4.69, 9.17) is 23.2 Å². The third-order valence-electron chi connectivity index (χ3n) is 2.95. The topological polar surface area (TPSA) is 66.5 Å². The Morgan fingerprint density at radius 3 is 2.74 bits per heavy atom. The first-order chi connectivity index (χ1) is 9.11. The monoisotopic (exact) mass is 299 g/mol. The van der Waals surface area contributed by atoms with Gasteiger partial charge in [0, 0.05) is 16.1 Å². The number of tetrazole rings is 1. The number of aromatic amines is 1. The molecule has 19 heavy (non-hydrogen) atoms. The summed E-state index contributed by atoms with van der Waals surface area (Å²) >= 11 is 12.2. The van der Waals surface area contributed by atoms with Crippen molar-refractivity contribution >= 4 is 23.2 Å². The zero-order valence-electron chi connectivity index (χ0n) is 10.7. The van der Waals surface area contributed by atoms with Gasteiger partial charge in [0.15, 0.2) is 5.82 Å². The van der Waals surface area contributed by atoms with Crippen molar-refractivity contribution in [2.24, 2.45) is 0 Å². The van der Waals surface area contributed by atoms with E-state index in [1.807, 2.05) is 19.1 Å². The van der Waals surface area contributed by atoms with Crippen molar-refractivity contribution in [1.29, 1.82) is 0 Å². The van der Waals surface area contributed by atoms with E-state index < -0.39 is 0 Å². The van der Waals surface area contributed by atoms with Gasteiger partial charge in [-0.25, -0.2) is 0 Å². The molecule has 0 bridgehead atoms. The smallest absolute Gasteiger partial charge is 0.191 e.